The summed E-state index contributed by atoms with van der Waals surface area (Å²) in [4.78, 5) is 24.8. The quantitative estimate of drug-likeness (QED) is 0.625. The van der Waals surface area contributed by atoms with Crippen LogP contribution >= 0.6 is 0 Å². The summed E-state index contributed by atoms with van der Waals surface area (Å²) in [5, 5.41) is 15.3. The van der Waals surface area contributed by atoms with Gasteiger partial charge in [-0.25, -0.2) is 9.59 Å². The molecule has 1 heterocycles. The van der Waals surface area contributed by atoms with Crippen LogP contribution in [0.3, 0.4) is 0 Å². The molecule has 29 heavy (non-hydrogen) atoms. The number of carbonyl (C=O) groups excluding carboxylic acids is 2. The number of nitrogens with one attached hydrogen (secondary N) is 2. The monoisotopic (exact) mass is 396 g/mol. The maximum Gasteiger partial charge on any atom is 0.338 e. The number of carbonyl (C=O) groups is 2. The zero-order valence-electron chi connectivity index (χ0n) is 16.4. The minimum atomic E-state index is -0.715. The number of allylic oxidation sites excluding steroid dienone is 1. The molecule has 0 bridgehead atoms. The van der Waals surface area contributed by atoms with Crippen molar-refractivity contribution in [1.29, 1.82) is 0 Å². The van der Waals surface area contributed by atoms with E-state index in [1.165, 1.54) is 6.07 Å². The Morgan fingerprint density at radius 3 is 2.66 bits per heavy atom. The highest BCUT2D eigenvalue weighted by atomic mass is 16.5. The maximum atomic E-state index is 12.8. The first-order chi connectivity index (χ1) is 14.0. The van der Waals surface area contributed by atoms with Crippen LogP contribution in [-0.4, -0.2) is 30.3 Å². The van der Waals surface area contributed by atoms with E-state index in [-0.39, 0.29) is 18.1 Å². The predicted octanol–water partition coefficient (Wildman–Crippen LogP) is 3.20. The highest BCUT2D eigenvalue weighted by Crippen LogP contribution is 2.34. The molecular weight excluding hydrogens is 372 g/mol. The average molecular weight is 396 g/mol. The van der Waals surface area contributed by atoms with E-state index in [9.17, 15) is 14.7 Å². The lowest BCUT2D eigenvalue weighted by Gasteiger charge is -2.28. The summed E-state index contributed by atoms with van der Waals surface area (Å²) < 4.78 is 10.9. The van der Waals surface area contributed by atoms with Crippen molar-refractivity contribution in [2.45, 2.75) is 26.3 Å². The molecule has 0 saturated carbocycles. The zero-order valence-corrected chi connectivity index (χ0v) is 16.4. The first kappa shape index (κ1) is 20.3. The Hall–Kier alpha value is -3.48. The molecule has 1 aliphatic heterocycles. The fraction of sp³-hybridized carbons (Fsp3) is 0.273. The molecule has 0 spiro atoms. The van der Waals surface area contributed by atoms with Crippen molar-refractivity contribution in [2.75, 3.05) is 13.2 Å². The smallest absolute Gasteiger partial charge is 0.338 e. The molecule has 0 saturated heterocycles. The van der Waals surface area contributed by atoms with Gasteiger partial charge in [-0.05, 0) is 37.1 Å². The number of benzene rings is 2. The Morgan fingerprint density at radius 1 is 1.17 bits per heavy atom. The molecule has 2 aromatic carbocycles. The van der Waals surface area contributed by atoms with Gasteiger partial charge < -0.3 is 25.2 Å². The molecule has 0 unspecified atom stereocenters. The van der Waals surface area contributed by atoms with Gasteiger partial charge >= 0.3 is 12.0 Å². The molecule has 7 nitrogen and oxygen atoms in total. The lowest BCUT2D eigenvalue weighted by molar-refractivity contribution is -0.139. The van der Waals surface area contributed by atoms with Crippen molar-refractivity contribution in [2.24, 2.45) is 0 Å². The summed E-state index contributed by atoms with van der Waals surface area (Å²) in [6, 6.07) is 13.3. The van der Waals surface area contributed by atoms with Gasteiger partial charge in [-0.15, -0.1) is 0 Å². The molecule has 152 valence electrons. The molecule has 0 radical (unpaired) electrons. The fourth-order valence-electron chi connectivity index (χ4n) is 3.18. The third kappa shape index (κ3) is 4.87. The van der Waals surface area contributed by atoms with Crippen LogP contribution in [0.1, 0.15) is 31.0 Å². The van der Waals surface area contributed by atoms with E-state index < -0.39 is 18.0 Å². The summed E-state index contributed by atoms with van der Waals surface area (Å²) >= 11 is 0. The Kier molecular flexibility index (Phi) is 6.39. The topological polar surface area (TPSA) is 96.9 Å². The van der Waals surface area contributed by atoms with Gasteiger partial charge in [0, 0.05) is 12.1 Å². The number of phenolic OH excluding ortho intramolecular Hbond substituents is 1. The van der Waals surface area contributed by atoms with Gasteiger partial charge in [-0.2, -0.15) is 0 Å². The zero-order chi connectivity index (χ0) is 20.8. The second-order valence-electron chi connectivity index (χ2n) is 6.60. The Labute approximate surface area is 169 Å². The lowest BCUT2D eigenvalue weighted by Crippen LogP contribution is -2.45. The van der Waals surface area contributed by atoms with Crippen LogP contribution in [0.15, 0.2) is 59.8 Å². The summed E-state index contributed by atoms with van der Waals surface area (Å²) in [7, 11) is 0. The summed E-state index contributed by atoms with van der Waals surface area (Å²) in [6.45, 7) is 4.06. The third-order valence-electron chi connectivity index (χ3n) is 4.57. The maximum absolute atomic E-state index is 12.8. The fourth-order valence-corrected chi connectivity index (χ4v) is 3.18. The molecule has 0 fully saturated rings. The van der Waals surface area contributed by atoms with E-state index in [2.05, 4.69) is 10.6 Å². The van der Waals surface area contributed by atoms with E-state index in [1.807, 2.05) is 30.3 Å². The van der Waals surface area contributed by atoms with Crippen LogP contribution in [0.25, 0.3) is 0 Å². The Balaban J connectivity index is 1.80. The Morgan fingerprint density at radius 2 is 1.93 bits per heavy atom. The van der Waals surface area contributed by atoms with Gasteiger partial charge in [0.1, 0.15) is 0 Å². The van der Waals surface area contributed by atoms with Crippen molar-refractivity contribution in [3.63, 3.8) is 0 Å². The molecule has 3 rings (SSSR count). The molecule has 1 atom stereocenters. The van der Waals surface area contributed by atoms with Gasteiger partial charge in [0.15, 0.2) is 11.5 Å². The lowest BCUT2D eigenvalue weighted by atomic mass is 9.95. The van der Waals surface area contributed by atoms with Crippen LogP contribution in [0.5, 0.6) is 11.5 Å². The van der Waals surface area contributed by atoms with Crippen LogP contribution < -0.4 is 15.4 Å². The van der Waals surface area contributed by atoms with Crippen LogP contribution in [-0.2, 0) is 16.0 Å². The predicted molar refractivity (Wildman–Crippen MR) is 107 cm³/mol. The number of urea groups is 1. The van der Waals surface area contributed by atoms with Crippen molar-refractivity contribution < 1.29 is 24.2 Å². The minimum Gasteiger partial charge on any atom is -0.504 e. The van der Waals surface area contributed by atoms with Gasteiger partial charge in [0.2, 0.25) is 0 Å². The number of amides is 2. The molecule has 0 aromatic heterocycles. The third-order valence-corrected chi connectivity index (χ3v) is 4.57. The van der Waals surface area contributed by atoms with Gasteiger partial charge in [0.25, 0.3) is 0 Å². The van der Waals surface area contributed by atoms with Crippen LogP contribution in [0, 0.1) is 0 Å². The van der Waals surface area contributed by atoms with Crippen molar-refractivity contribution >= 4 is 12.0 Å². The second-order valence-corrected chi connectivity index (χ2v) is 6.60. The molecule has 7 heteroatoms. The number of aromatic hydroxyl groups is 1. The molecular formula is C22H24N2O5. The first-order valence-electron chi connectivity index (χ1n) is 9.44. The number of phenols is 1. The molecule has 2 aromatic rings. The van der Waals surface area contributed by atoms with Gasteiger partial charge in [-0.1, -0.05) is 36.4 Å². The van der Waals surface area contributed by atoms with E-state index >= 15 is 0 Å². The summed E-state index contributed by atoms with van der Waals surface area (Å²) in [5.41, 5.74) is 2.41. The molecule has 3 N–H and O–H groups in total. The standard InChI is InChI=1S/C22H24N2O5/c1-3-28-18-13-16(9-10-17(18)25)20-19(14(2)23-22(27)24-20)21(26)29-12-11-15-7-5-4-6-8-15/h4-10,13,20,25H,3,11-12H2,1-2H3,(H2,23,24,27)/t20-/m0/s1. The van der Waals surface area contributed by atoms with Crippen LogP contribution in [0.2, 0.25) is 0 Å². The van der Waals surface area contributed by atoms with Crippen LogP contribution in [0.4, 0.5) is 4.79 Å². The minimum absolute atomic E-state index is 0.0106. The summed E-state index contributed by atoms with van der Waals surface area (Å²) in [5.74, 6) is -0.238. The van der Waals surface area contributed by atoms with Crippen molar-refractivity contribution in [3.8, 4) is 11.5 Å². The molecule has 1 aliphatic rings. The SMILES string of the molecule is CCOc1cc([C@@H]2NC(=O)NC(C)=C2C(=O)OCCc2ccccc2)ccc1O. The van der Waals surface area contributed by atoms with E-state index in [0.29, 0.717) is 29.9 Å². The number of hydrogen-bond acceptors (Lipinski definition) is 5. The average Bonchev–Trinajstić information content (AvgIpc) is 2.70. The number of ether oxygens (including phenoxy) is 2. The van der Waals surface area contributed by atoms with Crippen molar-refractivity contribution in [3.05, 3.63) is 70.9 Å². The van der Waals surface area contributed by atoms with Gasteiger partial charge in [-0.3, -0.25) is 0 Å². The van der Waals surface area contributed by atoms with E-state index in [1.54, 1.807) is 26.0 Å². The number of esters is 1. The largest absolute Gasteiger partial charge is 0.504 e. The number of rotatable bonds is 7. The second kappa shape index (κ2) is 9.14. The first-order valence-corrected chi connectivity index (χ1v) is 9.44. The van der Waals surface area contributed by atoms with Crippen molar-refractivity contribution in [1.82, 2.24) is 10.6 Å². The Bertz CT molecular complexity index is 924. The normalized spacial score (nSPS) is 16.1. The molecule has 0 aliphatic carbocycles. The van der Waals surface area contributed by atoms with E-state index in [4.69, 9.17) is 9.47 Å². The van der Waals surface area contributed by atoms with Gasteiger partial charge in [0.05, 0.1) is 24.8 Å². The highest BCUT2D eigenvalue weighted by Gasteiger charge is 2.32. The number of hydrogen-bond donors (Lipinski definition) is 3. The highest BCUT2D eigenvalue weighted by molar-refractivity contribution is 5.95. The summed E-state index contributed by atoms with van der Waals surface area (Å²) in [6.07, 6.45) is 0.594. The van der Waals surface area contributed by atoms with E-state index in [0.717, 1.165) is 5.56 Å². The molecule has 2 amide bonds.